The average molecular weight is 736 g/mol. The van der Waals surface area contributed by atoms with Crippen LogP contribution in [-0.2, 0) is 39.1 Å². The number of rotatable bonds is 10. The van der Waals surface area contributed by atoms with Crippen LogP contribution in [0.25, 0.3) is 0 Å². The maximum atomic E-state index is 7.42. The standard InChI is InChI=1S/C46H55B3O6/c1-35(24-23-33-44(10,48-50-40(2,3)41(4,5)51-48)49-52-42(6,7)43(8,9)53-49)34-47-54-45(36-25-15-11-16-26-36,37-27-17-12-18-28-37)46(55-47,38-29-19-13-20-30-38)39-31-21-14-22-32-39/h11-23,25-34H,24H2,1-10H3/b33-23+,35-34+. The fourth-order valence-corrected chi connectivity index (χ4v) is 7.98. The lowest BCUT2D eigenvalue weighted by Crippen LogP contribution is -2.48. The lowest BCUT2D eigenvalue weighted by molar-refractivity contribution is 0.00370. The van der Waals surface area contributed by atoms with E-state index in [1.807, 2.05) is 24.3 Å². The zero-order valence-electron chi connectivity index (χ0n) is 34.2. The molecule has 0 amide bonds. The molecule has 3 aliphatic rings. The normalized spacial score (nSPS) is 22.4. The minimum absolute atomic E-state index is 0.516. The first-order valence-corrected chi connectivity index (χ1v) is 19.6. The van der Waals surface area contributed by atoms with Crippen molar-refractivity contribution in [2.24, 2.45) is 0 Å². The van der Waals surface area contributed by atoms with Crippen LogP contribution in [0.15, 0.2) is 145 Å². The number of hydrogen-bond acceptors (Lipinski definition) is 6. The molecule has 4 aromatic rings. The van der Waals surface area contributed by atoms with Gasteiger partial charge in [0.05, 0.1) is 27.6 Å². The summed E-state index contributed by atoms with van der Waals surface area (Å²) in [6, 6.07) is 41.9. The number of allylic oxidation sites excluding steroid dienone is 3. The summed E-state index contributed by atoms with van der Waals surface area (Å²) in [5.74, 6) is 2.11. The van der Waals surface area contributed by atoms with Gasteiger partial charge in [0.2, 0.25) is 0 Å². The Labute approximate surface area is 330 Å². The summed E-state index contributed by atoms with van der Waals surface area (Å²) in [6.45, 7) is 20.8. The number of hydrogen-bond donors (Lipinski definition) is 0. The van der Waals surface area contributed by atoms with E-state index in [-0.39, 0.29) is 0 Å². The summed E-state index contributed by atoms with van der Waals surface area (Å²) < 4.78 is 41.5. The van der Waals surface area contributed by atoms with Crippen molar-refractivity contribution in [1.29, 1.82) is 0 Å². The van der Waals surface area contributed by atoms with E-state index in [9.17, 15) is 0 Å². The molecule has 0 saturated carbocycles. The van der Waals surface area contributed by atoms with Crippen LogP contribution in [0, 0.1) is 0 Å². The third-order valence-electron chi connectivity index (χ3n) is 12.7. The summed E-state index contributed by atoms with van der Waals surface area (Å²) in [6.07, 6.45) is 4.95. The maximum absolute atomic E-state index is 7.42. The highest BCUT2D eigenvalue weighted by Gasteiger charge is 2.67. The Balaban J connectivity index is 1.29. The Kier molecular flexibility index (Phi) is 10.3. The van der Waals surface area contributed by atoms with Gasteiger partial charge in [0.1, 0.15) is 11.2 Å². The van der Waals surface area contributed by atoms with Crippen LogP contribution >= 0.6 is 0 Å². The van der Waals surface area contributed by atoms with Gasteiger partial charge in [-0.15, -0.1) is 0 Å². The van der Waals surface area contributed by atoms with Crippen molar-refractivity contribution in [3.63, 3.8) is 0 Å². The molecule has 0 aromatic heterocycles. The lowest BCUT2D eigenvalue weighted by atomic mass is 9.39. The van der Waals surface area contributed by atoms with Gasteiger partial charge < -0.3 is 27.9 Å². The topological polar surface area (TPSA) is 55.4 Å². The second-order valence-corrected chi connectivity index (χ2v) is 17.6. The molecule has 0 radical (unpaired) electrons. The second-order valence-electron chi connectivity index (χ2n) is 17.6. The van der Waals surface area contributed by atoms with Gasteiger partial charge in [-0.2, -0.15) is 0 Å². The van der Waals surface area contributed by atoms with Crippen molar-refractivity contribution in [2.45, 2.75) is 114 Å². The van der Waals surface area contributed by atoms with Crippen molar-refractivity contribution >= 4 is 21.4 Å². The summed E-state index contributed by atoms with van der Waals surface area (Å²) >= 11 is 0. The minimum Gasteiger partial charge on any atom is -0.403 e. The number of benzene rings is 4. The van der Waals surface area contributed by atoms with Gasteiger partial charge in [-0.1, -0.05) is 152 Å². The van der Waals surface area contributed by atoms with Crippen molar-refractivity contribution in [1.82, 2.24) is 0 Å². The van der Waals surface area contributed by atoms with Crippen LogP contribution in [0.5, 0.6) is 0 Å². The Bertz CT molecular complexity index is 1760. The highest BCUT2D eigenvalue weighted by atomic mass is 16.7. The third kappa shape index (κ3) is 6.71. The van der Waals surface area contributed by atoms with E-state index in [4.69, 9.17) is 27.9 Å². The highest BCUT2D eigenvalue weighted by Crippen LogP contribution is 2.59. The molecule has 0 N–H and O–H groups in total. The zero-order valence-corrected chi connectivity index (χ0v) is 34.2. The van der Waals surface area contributed by atoms with Crippen LogP contribution in [0.4, 0.5) is 0 Å². The van der Waals surface area contributed by atoms with Gasteiger partial charge in [-0.05, 0) is 91.0 Å². The van der Waals surface area contributed by atoms with Gasteiger partial charge in [-0.3, -0.25) is 0 Å². The highest BCUT2D eigenvalue weighted by molar-refractivity contribution is 6.72. The van der Waals surface area contributed by atoms with E-state index in [0.717, 1.165) is 27.8 Å². The lowest BCUT2D eigenvalue weighted by Gasteiger charge is -2.46. The molecule has 0 aliphatic carbocycles. The molecule has 0 spiro atoms. The largest absolute Gasteiger partial charge is 0.488 e. The van der Waals surface area contributed by atoms with E-state index in [0.29, 0.717) is 6.42 Å². The van der Waals surface area contributed by atoms with Crippen LogP contribution in [0.2, 0.25) is 5.21 Å². The Morgan fingerprint density at radius 2 is 0.782 bits per heavy atom. The molecule has 55 heavy (non-hydrogen) atoms. The monoisotopic (exact) mass is 736 g/mol. The summed E-state index contributed by atoms with van der Waals surface area (Å²) in [4.78, 5) is 0. The van der Waals surface area contributed by atoms with Gasteiger partial charge >= 0.3 is 21.4 Å². The third-order valence-corrected chi connectivity index (χ3v) is 12.7. The predicted octanol–water partition coefficient (Wildman–Crippen LogP) is 10.3. The first-order valence-electron chi connectivity index (χ1n) is 19.6. The minimum atomic E-state index is -1.04. The first kappa shape index (κ1) is 39.5. The van der Waals surface area contributed by atoms with Crippen LogP contribution in [0.1, 0.15) is 97.9 Å². The van der Waals surface area contributed by atoms with Crippen LogP contribution in [-0.4, -0.2) is 43.8 Å². The summed E-state index contributed by atoms with van der Waals surface area (Å²) in [5.41, 5.74) is 0.947. The zero-order chi connectivity index (χ0) is 39.3. The summed E-state index contributed by atoms with van der Waals surface area (Å²) in [5, 5.41) is -0.762. The van der Waals surface area contributed by atoms with E-state index >= 15 is 0 Å². The Hall–Kier alpha value is -3.69. The van der Waals surface area contributed by atoms with E-state index < -0.39 is 60.2 Å². The van der Waals surface area contributed by atoms with E-state index in [1.165, 1.54) is 0 Å². The van der Waals surface area contributed by atoms with E-state index in [1.54, 1.807) is 0 Å². The summed E-state index contributed by atoms with van der Waals surface area (Å²) in [7, 11) is -1.88. The fourth-order valence-electron chi connectivity index (χ4n) is 7.98. The predicted molar refractivity (Wildman–Crippen MR) is 223 cm³/mol. The maximum Gasteiger partial charge on any atom is 0.488 e. The van der Waals surface area contributed by atoms with Crippen molar-refractivity contribution in [2.75, 3.05) is 0 Å². The molecule has 4 aromatic carbocycles. The van der Waals surface area contributed by atoms with Crippen molar-refractivity contribution in [3.8, 4) is 0 Å². The molecule has 284 valence electrons. The smallest absolute Gasteiger partial charge is 0.403 e. The van der Waals surface area contributed by atoms with Crippen LogP contribution < -0.4 is 0 Å². The molecule has 3 heterocycles. The van der Waals surface area contributed by atoms with Crippen molar-refractivity contribution < 1.29 is 27.9 Å². The molecular weight excluding hydrogens is 681 g/mol. The molecule has 9 heteroatoms. The van der Waals surface area contributed by atoms with Gasteiger partial charge in [0.25, 0.3) is 0 Å². The average Bonchev–Trinajstić information content (AvgIpc) is 3.71. The first-order chi connectivity index (χ1) is 26.0. The molecular formula is C46H55B3O6. The van der Waals surface area contributed by atoms with Crippen molar-refractivity contribution in [3.05, 3.63) is 167 Å². The Morgan fingerprint density at radius 1 is 0.491 bits per heavy atom. The second kappa shape index (κ2) is 14.4. The molecule has 3 fully saturated rings. The molecule has 3 aliphatic heterocycles. The van der Waals surface area contributed by atoms with Gasteiger partial charge in [-0.25, -0.2) is 0 Å². The quantitative estimate of drug-likeness (QED) is 0.119. The molecule has 0 unspecified atom stereocenters. The molecule has 3 saturated heterocycles. The molecule has 7 rings (SSSR count). The molecule has 6 nitrogen and oxygen atoms in total. The van der Waals surface area contributed by atoms with Crippen LogP contribution in [0.3, 0.4) is 0 Å². The fraction of sp³-hybridized carbons (Fsp3) is 0.391. The molecule has 0 bridgehead atoms. The van der Waals surface area contributed by atoms with Gasteiger partial charge in [0, 0.05) is 0 Å². The van der Waals surface area contributed by atoms with E-state index in [2.05, 4.69) is 184 Å². The SMILES string of the molecule is C/C(=C\B1OC(c2ccccc2)(c2ccccc2)C(c2ccccc2)(c2ccccc2)O1)C/C=C/C(C)(B1OC(C)(C)C(C)(C)O1)B1OC(C)(C)C(C)(C)O1. The Morgan fingerprint density at radius 3 is 1.07 bits per heavy atom. The molecule has 0 atom stereocenters. The van der Waals surface area contributed by atoms with Gasteiger partial charge in [0.15, 0.2) is 0 Å².